The number of carbonyl (C=O) groups is 4. The number of hydrogen-bond donors (Lipinski definition) is 3. The number of urea groups is 1. The van der Waals surface area contributed by atoms with E-state index in [0.29, 0.717) is 30.0 Å². The molecule has 3 atom stereocenters. The molecule has 1 unspecified atom stereocenters. The van der Waals surface area contributed by atoms with Gasteiger partial charge in [-0.3, -0.25) is 19.5 Å². The van der Waals surface area contributed by atoms with Crippen LogP contribution in [0.25, 0.3) is 0 Å². The van der Waals surface area contributed by atoms with Gasteiger partial charge in [0.2, 0.25) is 11.8 Å². The minimum Gasteiger partial charge on any atom is -0.449 e. The molecule has 0 spiro atoms. The molecule has 4 N–H and O–H groups in total. The van der Waals surface area contributed by atoms with E-state index in [1.165, 1.54) is 33.7 Å². The predicted octanol–water partition coefficient (Wildman–Crippen LogP) is 2.33. The largest absolute Gasteiger partial charge is 0.512 e. The van der Waals surface area contributed by atoms with E-state index in [4.69, 9.17) is 10.5 Å². The summed E-state index contributed by atoms with van der Waals surface area (Å²) in [5.74, 6) is -0.557. The number of anilines is 1. The maximum atomic E-state index is 13.1. The summed E-state index contributed by atoms with van der Waals surface area (Å²) in [6, 6.07) is 8.29. The summed E-state index contributed by atoms with van der Waals surface area (Å²) in [5, 5.41) is 12.0. The van der Waals surface area contributed by atoms with Crippen molar-refractivity contribution in [2.75, 3.05) is 17.6 Å². The standard InChI is InChI=1S/C23H21N5O6S/c24-19(29)12-1-3-13(4-2-12)26-22(31)27-10-7-15-16(11-35-14-5-8-25-9-6-14)21(34-23(32)33)28-17(15)18(27)20(28)30/h1-6,8-9,15,17-18H,7,10-11H2,(H2,24,29)(H,26,31)(H,32,33)/t15?,17-,18+/m1/s1. The van der Waals surface area contributed by atoms with Crippen LogP contribution in [0.2, 0.25) is 0 Å². The van der Waals surface area contributed by atoms with E-state index < -0.39 is 24.1 Å². The third-order valence-corrected chi connectivity index (χ3v) is 7.45. The number of aromatic nitrogens is 1. The second-order valence-corrected chi connectivity index (χ2v) is 9.32. The number of ether oxygens (including phenoxy) is 1. The normalized spacial score (nSPS) is 22.4. The lowest BCUT2D eigenvalue weighted by Gasteiger charge is -2.52. The molecule has 0 radical (unpaired) electrons. The first kappa shape index (κ1) is 22.7. The third-order valence-electron chi connectivity index (χ3n) is 6.39. The van der Waals surface area contributed by atoms with Gasteiger partial charge in [-0.1, -0.05) is 0 Å². The van der Waals surface area contributed by atoms with Crippen molar-refractivity contribution in [2.45, 2.75) is 23.4 Å². The Morgan fingerprint density at radius 2 is 1.89 bits per heavy atom. The van der Waals surface area contributed by atoms with Crippen LogP contribution in [0.15, 0.2) is 65.1 Å². The molecular weight excluding hydrogens is 474 g/mol. The predicted molar refractivity (Wildman–Crippen MR) is 124 cm³/mol. The smallest absolute Gasteiger partial charge is 0.449 e. The number of primary amides is 1. The molecule has 0 bridgehead atoms. The Labute approximate surface area is 203 Å². The fourth-order valence-electron chi connectivity index (χ4n) is 4.83. The van der Waals surface area contributed by atoms with Crippen LogP contribution in [-0.2, 0) is 9.53 Å². The maximum absolute atomic E-state index is 13.1. The summed E-state index contributed by atoms with van der Waals surface area (Å²) in [4.78, 5) is 56.5. The van der Waals surface area contributed by atoms with Gasteiger partial charge in [-0.25, -0.2) is 9.59 Å². The van der Waals surface area contributed by atoms with E-state index in [0.717, 1.165) is 10.5 Å². The third kappa shape index (κ3) is 4.05. The average molecular weight is 496 g/mol. The Hall–Kier alpha value is -4.06. The van der Waals surface area contributed by atoms with Crippen LogP contribution < -0.4 is 11.1 Å². The van der Waals surface area contributed by atoms with Crippen molar-refractivity contribution in [3.63, 3.8) is 0 Å². The maximum Gasteiger partial charge on any atom is 0.512 e. The van der Waals surface area contributed by atoms with Crippen molar-refractivity contribution >= 4 is 41.5 Å². The van der Waals surface area contributed by atoms with E-state index >= 15 is 0 Å². The summed E-state index contributed by atoms with van der Waals surface area (Å²) in [7, 11) is 0. The second kappa shape index (κ2) is 8.95. The molecule has 0 saturated carbocycles. The molecule has 11 nitrogen and oxygen atoms in total. The number of carbonyl (C=O) groups excluding carboxylic acids is 3. The number of pyridine rings is 1. The molecule has 3 aliphatic heterocycles. The Bertz CT molecular complexity index is 1230. The second-order valence-electron chi connectivity index (χ2n) is 8.27. The number of carboxylic acid groups (broad SMARTS) is 1. The molecule has 180 valence electrons. The Morgan fingerprint density at radius 3 is 2.54 bits per heavy atom. The number of rotatable bonds is 6. The van der Waals surface area contributed by atoms with E-state index in [-0.39, 0.29) is 23.8 Å². The highest BCUT2D eigenvalue weighted by Crippen LogP contribution is 2.50. The summed E-state index contributed by atoms with van der Waals surface area (Å²) >= 11 is 1.50. The van der Waals surface area contributed by atoms with Crippen LogP contribution in [0.3, 0.4) is 0 Å². The molecule has 4 amide bonds. The number of likely N-dealkylation sites (tertiary alicyclic amines) is 1. The lowest BCUT2D eigenvalue weighted by Crippen LogP contribution is -2.73. The van der Waals surface area contributed by atoms with Crippen LogP contribution in [0.4, 0.5) is 15.3 Å². The van der Waals surface area contributed by atoms with Gasteiger partial charge in [0.1, 0.15) is 6.04 Å². The van der Waals surface area contributed by atoms with Gasteiger partial charge in [0.25, 0.3) is 5.91 Å². The van der Waals surface area contributed by atoms with Crippen molar-refractivity contribution < 1.29 is 29.0 Å². The fourth-order valence-corrected chi connectivity index (χ4v) is 5.81. The van der Waals surface area contributed by atoms with Crippen molar-refractivity contribution in [2.24, 2.45) is 11.7 Å². The Kier molecular flexibility index (Phi) is 5.81. The minimum absolute atomic E-state index is 0.0552. The average Bonchev–Trinajstić information content (AvgIpc) is 3.13. The molecule has 2 fully saturated rings. The highest BCUT2D eigenvalue weighted by atomic mass is 32.2. The lowest BCUT2D eigenvalue weighted by atomic mass is 9.78. The van der Waals surface area contributed by atoms with Gasteiger partial charge in [0.15, 0.2) is 0 Å². The molecule has 4 heterocycles. The molecule has 1 aromatic carbocycles. The van der Waals surface area contributed by atoms with Crippen LogP contribution in [0.1, 0.15) is 16.8 Å². The molecule has 0 aliphatic carbocycles. The molecule has 1 aromatic heterocycles. The molecule has 3 aliphatic rings. The van der Waals surface area contributed by atoms with Gasteiger partial charge in [-0.2, -0.15) is 0 Å². The number of benzene rings is 1. The van der Waals surface area contributed by atoms with Gasteiger partial charge < -0.3 is 25.8 Å². The van der Waals surface area contributed by atoms with Crippen molar-refractivity contribution in [3.8, 4) is 0 Å². The number of nitrogens with one attached hydrogen (secondary N) is 1. The molecule has 35 heavy (non-hydrogen) atoms. The quantitative estimate of drug-likeness (QED) is 0.313. The zero-order chi connectivity index (χ0) is 24.7. The van der Waals surface area contributed by atoms with Gasteiger partial charge in [-0.05, 0) is 42.8 Å². The number of nitrogens with two attached hydrogens (primary N) is 1. The highest BCUT2D eigenvalue weighted by molar-refractivity contribution is 7.99. The summed E-state index contributed by atoms with van der Waals surface area (Å²) in [6.45, 7) is 0.320. The Balaban J connectivity index is 1.33. The van der Waals surface area contributed by atoms with Crippen molar-refractivity contribution in [3.05, 3.63) is 65.8 Å². The van der Waals surface area contributed by atoms with Gasteiger partial charge in [0.05, 0.1) is 6.04 Å². The number of nitrogens with zero attached hydrogens (tertiary/aromatic N) is 3. The van der Waals surface area contributed by atoms with E-state index in [2.05, 4.69) is 10.3 Å². The van der Waals surface area contributed by atoms with E-state index in [9.17, 15) is 24.3 Å². The molecule has 12 heteroatoms. The van der Waals surface area contributed by atoms with Gasteiger partial charge in [0, 0.05) is 52.3 Å². The minimum atomic E-state index is -1.49. The highest BCUT2D eigenvalue weighted by Gasteiger charge is 2.64. The van der Waals surface area contributed by atoms with Crippen molar-refractivity contribution in [1.82, 2.24) is 14.8 Å². The molecule has 2 saturated heterocycles. The van der Waals surface area contributed by atoms with Gasteiger partial charge >= 0.3 is 12.2 Å². The lowest BCUT2D eigenvalue weighted by molar-refractivity contribution is -0.160. The zero-order valence-electron chi connectivity index (χ0n) is 18.3. The van der Waals surface area contributed by atoms with E-state index in [1.807, 2.05) is 12.1 Å². The van der Waals surface area contributed by atoms with Gasteiger partial charge in [-0.15, -0.1) is 11.8 Å². The first-order valence-corrected chi connectivity index (χ1v) is 11.8. The SMILES string of the molecule is NC(=O)c1ccc(NC(=O)N2CCC3C(CSc4ccncc4)=C(OC(=O)O)N4C(=O)[C@@H]2[C@@H]34)cc1. The van der Waals surface area contributed by atoms with E-state index in [1.54, 1.807) is 24.5 Å². The van der Waals surface area contributed by atoms with Crippen LogP contribution >= 0.6 is 11.8 Å². The number of thioether (sulfide) groups is 1. The number of β-lactam (4-membered cyclic amide) rings is 1. The first-order valence-electron chi connectivity index (χ1n) is 10.8. The summed E-state index contributed by atoms with van der Waals surface area (Å²) in [6.07, 6.45) is 2.41. The van der Waals surface area contributed by atoms with Crippen LogP contribution in [0.5, 0.6) is 0 Å². The topological polar surface area (TPSA) is 155 Å². The van der Waals surface area contributed by atoms with Crippen LogP contribution in [-0.4, -0.2) is 68.3 Å². The Morgan fingerprint density at radius 1 is 1.17 bits per heavy atom. The summed E-state index contributed by atoms with van der Waals surface area (Å²) < 4.78 is 5.07. The van der Waals surface area contributed by atoms with Crippen molar-refractivity contribution in [1.29, 1.82) is 0 Å². The summed E-state index contributed by atoms with van der Waals surface area (Å²) in [5.41, 5.74) is 6.76. The van der Waals surface area contributed by atoms with Crippen LogP contribution in [0, 0.1) is 5.92 Å². The number of piperidine rings is 1. The fraction of sp³-hybridized carbons (Fsp3) is 0.261. The molecule has 2 aromatic rings. The monoisotopic (exact) mass is 495 g/mol. The molecule has 5 rings (SSSR count). The number of amides is 4. The first-order chi connectivity index (χ1) is 16.8. The molecular formula is C23H21N5O6S. The number of hydrogen-bond acceptors (Lipinski definition) is 7. The zero-order valence-corrected chi connectivity index (χ0v) is 19.1.